The second kappa shape index (κ2) is 29.8. The Kier molecular flexibility index (Phi) is 24.0. The lowest BCUT2D eigenvalue weighted by molar-refractivity contribution is -0.151. The van der Waals surface area contributed by atoms with Crippen molar-refractivity contribution in [1.29, 1.82) is 0 Å². The molecule has 2 amide bonds. The van der Waals surface area contributed by atoms with Gasteiger partial charge in [0.1, 0.15) is 17.5 Å². The number of nitrogens with two attached hydrogens (primary N) is 2. The molecule has 3 saturated heterocycles. The second-order valence-electron chi connectivity index (χ2n) is 25.1. The number of benzene rings is 4. The van der Waals surface area contributed by atoms with Crippen LogP contribution in [0, 0.1) is 16.7 Å². The van der Waals surface area contributed by atoms with Crippen molar-refractivity contribution in [3.63, 3.8) is 0 Å². The van der Waals surface area contributed by atoms with E-state index in [1.165, 1.54) is 39.8 Å². The Bertz CT molecular complexity index is 3030. The molecule has 0 aromatic heterocycles. The van der Waals surface area contributed by atoms with Gasteiger partial charge in [-0.05, 0) is 125 Å². The van der Waals surface area contributed by atoms with Crippen molar-refractivity contribution in [1.82, 2.24) is 19.2 Å². The van der Waals surface area contributed by atoms with E-state index >= 15 is 0 Å². The highest BCUT2D eigenvalue weighted by Crippen LogP contribution is 2.36. The van der Waals surface area contributed by atoms with Crippen LogP contribution in [0.2, 0.25) is 0 Å². The normalized spacial score (nSPS) is 19.5. The number of nitrogen functional groups attached to an aromatic ring is 2. The zero-order valence-electron chi connectivity index (χ0n) is 50.6. The van der Waals surface area contributed by atoms with Crippen LogP contribution in [0.15, 0.2) is 119 Å². The first-order chi connectivity index (χ1) is 39.8. The Hall–Kier alpha value is -5.73. The number of aliphatic hydroxyl groups excluding tert-OH is 2. The van der Waals surface area contributed by atoms with Gasteiger partial charge in [0.05, 0.1) is 66.4 Å². The first kappa shape index (κ1) is 68.4. The molecule has 3 aliphatic heterocycles. The van der Waals surface area contributed by atoms with Gasteiger partial charge in [0.25, 0.3) is 0 Å². The molecule has 0 saturated carbocycles. The van der Waals surface area contributed by atoms with E-state index in [0.717, 1.165) is 17.5 Å². The third kappa shape index (κ3) is 21.3. The summed E-state index contributed by atoms with van der Waals surface area (Å²) in [6.07, 6.45) is -1.73. The van der Waals surface area contributed by atoms with Crippen molar-refractivity contribution in [2.75, 3.05) is 64.1 Å². The zero-order chi connectivity index (χ0) is 62.4. The zero-order valence-corrected chi connectivity index (χ0v) is 52.2. The molecule has 0 bridgehead atoms. The van der Waals surface area contributed by atoms with Crippen LogP contribution in [-0.4, -0.2) is 154 Å². The number of alkyl carbamates (subject to hydrolysis) is 2. The molecule has 8 N–H and O–H groups in total. The Labute approximate surface area is 502 Å². The fourth-order valence-electron chi connectivity index (χ4n) is 10.3. The average molecular weight is 1220 g/mol. The first-order valence-corrected chi connectivity index (χ1v) is 31.8. The van der Waals surface area contributed by atoms with Crippen molar-refractivity contribution in [2.45, 2.75) is 165 Å². The number of rotatable bonds is 27. The third-order valence-corrected chi connectivity index (χ3v) is 18.7. The number of carbonyl (C=O) groups is 3. The number of ether oxygens (including phenoxy) is 6. The minimum atomic E-state index is -4.12. The van der Waals surface area contributed by atoms with E-state index in [1.54, 1.807) is 45.0 Å². The first-order valence-electron chi connectivity index (χ1n) is 28.9. The van der Waals surface area contributed by atoms with Gasteiger partial charge in [0.15, 0.2) is 12.1 Å². The maximum atomic E-state index is 14.0. The van der Waals surface area contributed by atoms with Crippen LogP contribution < -0.4 is 22.1 Å². The maximum absolute atomic E-state index is 14.0. The molecule has 5 unspecified atom stereocenters. The topological polar surface area (TPSA) is 298 Å². The Morgan fingerprint density at radius 3 is 1.60 bits per heavy atom. The largest absolute Gasteiger partial charge is 0.444 e. The van der Waals surface area contributed by atoms with Gasteiger partial charge in [0, 0.05) is 50.4 Å². The number of aliphatic hydroxyl groups is 2. The number of nitrogens with one attached hydrogen (secondary N) is 2. The SMILES string of the molecule is CC(=O)CCC(C)(C)CN(CC(O)[C@H](Cc1ccccc1)NC(=O)OC1COC2OCCC12)S(=O)(=O)c1cccc(N)c1.CC(C)(CCC1(C)OCCO1)CN(CC(O)[C@H](Cc1ccccc1)NC(=O)OC(C)(C)C)S(=O)(=O)c1cccc(N)c1. The highest BCUT2D eigenvalue weighted by molar-refractivity contribution is 7.89. The smallest absolute Gasteiger partial charge is 0.407 e. The molecule has 0 radical (unpaired) electrons. The van der Waals surface area contributed by atoms with Crippen molar-refractivity contribution in [2.24, 2.45) is 16.7 Å². The molecule has 7 atom stereocenters. The molecule has 7 rings (SSSR count). The van der Waals surface area contributed by atoms with E-state index in [1.807, 2.05) is 95.3 Å². The molecule has 0 spiro atoms. The highest BCUT2D eigenvalue weighted by Gasteiger charge is 2.45. The minimum absolute atomic E-state index is 0.00661. The molecular weight excluding hydrogens is 1130 g/mol. The number of fused-ring (bicyclic) bond motifs is 1. The fraction of sp³-hybridized carbons (Fsp3) is 0.565. The highest BCUT2D eigenvalue weighted by atomic mass is 32.2. The number of Topliss-reactive ketones (excluding diaryl/α,β-unsaturated/α-hetero) is 1. The van der Waals surface area contributed by atoms with Gasteiger partial charge in [-0.25, -0.2) is 26.4 Å². The van der Waals surface area contributed by atoms with E-state index in [-0.39, 0.29) is 79.1 Å². The van der Waals surface area contributed by atoms with Crippen molar-refractivity contribution in [3.05, 3.63) is 120 Å². The van der Waals surface area contributed by atoms with Crippen molar-refractivity contribution < 1.29 is 69.9 Å². The van der Waals surface area contributed by atoms with Crippen LogP contribution in [0.4, 0.5) is 21.0 Å². The van der Waals surface area contributed by atoms with Crippen molar-refractivity contribution in [3.8, 4) is 0 Å². The molecular formula is C62H90N6O15S2. The number of hydrogen-bond acceptors (Lipinski definition) is 17. The number of anilines is 2. The summed E-state index contributed by atoms with van der Waals surface area (Å²) in [6, 6.07) is 29.0. The third-order valence-electron chi connectivity index (χ3n) is 15.1. The molecule has 4 aromatic carbocycles. The summed E-state index contributed by atoms with van der Waals surface area (Å²) in [5, 5.41) is 28.7. The minimum Gasteiger partial charge on any atom is -0.444 e. The molecule has 0 aliphatic carbocycles. The lowest BCUT2D eigenvalue weighted by Gasteiger charge is -2.36. The summed E-state index contributed by atoms with van der Waals surface area (Å²) in [5.41, 5.74) is 12.3. The van der Waals surface area contributed by atoms with Gasteiger partial charge in [-0.2, -0.15) is 8.61 Å². The molecule has 3 aliphatic rings. The molecule has 21 nitrogen and oxygen atoms in total. The monoisotopic (exact) mass is 1220 g/mol. The molecule has 85 heavy (non-hydrogen) atoms. The molecule has 3 heterocycles. The average Bonchev–Trinajstić information content (AvgIpc) is 4.30. The van der Waals surface area contributed by atoms with E-state index in [0.29, 0.717) is 51.2 Å². The molecule has 470 valence electrons. The Balaban J connectivity index is 0.000000272. The molecule has 4 aromatic rings. The number of ketones is 1. The van der Waals surface area contributed by atoms with Crippen LogP contribution >= 0.6 is 0 Å². The number of sulfonamides is 2. The molecule has 23 heteroatoms. The predicted octanol–water partition coefficient (Wildman–Crippen LogP) is 7.44. The fourth-order valence-corrected chi connectivity index (χ4v) is 13.7. The van der Waals surface area contributed by atoms with Crippen LogP contribution in [0.5, 0.6) is 0 Å². The summed E-state index contributed by atoms with van der Waals surface area (Å²) in [5.74, 6) is -0.765. The second-order valence-corrected chi connectivity index (χ2v) is 29.0. The van der Waals surface area contributed by atoms with Crippen LogP contribution in [0.3, 0.4) is 0 Å². The number of carbonyl (C=O) groups excluding carboxylic acids is 3. The summed E-state index contributed by atoms with van der Waals surface area (Å²) in [6.45, 7) is 17.7. The van der Waals surface area contributed by atoms with Gasteiger partial charge in [0.2, 0.25) is 20.0 Å². The number of amides is 2. The van der Waals surface area contributed by atoms with Gasteiger partial charge in [-0.1, -0.05) is 100 Å². The van der Waals surface area contributed by atoms with E-state index in [9.17, 15) is 41.4 Å². The van der Waals surface area contributed by atoms with E-state index in [2.05, 4.69) is 10.6 Å². The van der Waals surface area contributed by atoms with Crippen LogP contribution in [-0.2, 0) is 66.1 Å². The van der Waals surface area contributed by atoms with Gasteiger partial charge >= 0.3 is 12.2 Å². The standard InChI is InChI=1S/C31H43N3O8S.C31H47N3O7S/c1-21(35)12-14-31(2,3)20-34(43(38,39)24-11-7-10-23(32)17-24)18-27(36)26(16-22-8-5-4-6-9-22)33-30(37)42-28-19-41-29-25(28)13-15-40-29;1-29(2,3)41-28(36)33-26(19-23-11-8-7-9-12-23)27(35)21-34(42(37,38)25-14-10-13-24(32)20-25)22-30(4,5)15-16-31(6)39-17-18-40-31/h4-11,17,25-29,36H,12-16,18-20,32H2,1-3H3,(H,33,37);7-14,20,26-27,35H,15-19,21-22,32H2,1-6H3,(H,33,36)/t25?,26-,27?,28?,29?;26-,27?/m00/s1. The lowest BCUT2D eigenvalue weighted by atomic mass is 9.86. The van der Waals surface area contributed by atoms with Gasteiger partial charge in [-0.15, -0.1) is 0 Å². The summed E-state index contributed by atoms with van der Waals surface area (Å²) < 4.78 is 92.1. The lowest BCUT2D eigenvalue weighted by Crippen LogP contribution is -2.52. The Morgan fingerprint density at radius 2 is 1.14 bits per heavy atom. The quantitative estimate of drug-likeness (QED) is 0.0316. The van der Waals surface area contributed by atoms with E-state index < -0.39 is 84.8 Å². The predicted molar refractivity (Wildman–Crippen MR) is 323 cm³/mol. The van der Waals surface area contributed by atoms with Crippen LogP contribution in [0.1, 0.15) is 106 Å². The number of hydrogen-bond donors (Lipinski definition) is 6. The van der Waals surface area contributed by atoms with Crippen molar-refractivity contribution >= 4 is 49.4 Å². The van der Waals surface area contributed by atoms with Gasteiger partial charge in [-0.3, -0.25) is 0 Å². The van der Waals surface area contributed by atoms with Gasteiger partial charge < -0.3 is 65.5 Å². The number of nitrogens with zero attached hydrogens (tertiary/aromatic N) is 2. The summed E-state index contributed by atoms with van der Waals surface area (Å²) in [4.78, 5) is 37.6. The maximum Gasteiger partial charge on any atom is 0.407 e. The Morgan fingerprint density at radius 1 is 0.671 bits per heavy atom. The van der Waals surface area contributed by atoms with Crippen LogP contribution in [0.25, 0.3) is 0 Å². The summed E-state index contributed by atoms with van der Waals surface area (Å²) in [7, 11) is -8.20. The summed E-state index contributed by atoms with van der Waals surface area (Å²) >= 11 is 0. The molecule has 3 fully saturated rings. The van der Waals surface area contributed by atoms with E-state index in [4.69, 9.17) is 39.9 Å².